The second kappa shape index (κ2) is 7.29. The van der Waals surface area contributed by atoms with Crippen LogP contribution in [-0.4, -0.2) is 25.9 Å². The third-order valence-electron chi connectivity index (χ3n) is 3.58. The van der Waals surface area contributed by atoms with E-state index in [4.69, 9.17) is 23.2 Å². The molecule has 2 rings (SSSR count). The maximum Gasteiger partial charge on any atom is 0.430 e. The predicted molar refractivity (Wildman–Crippen MR) is 89.7 cm³/mol. The number of nitrogens with one attached hydrogen (secondary N) is 1. The van der Waals surface area contributed by atoms with Crippen molar-refractivity contribution in [1.82, 2.24) is 0 Å². The van der Waals surface area contributed by atoms with Crippen molar-refractivity contribution in [3.05, 3.63) is 58.1 Å². The maximum absolute atomic E-state index is 12.8. The van der Waals surface area contributed by atoms with Crippen LogP contribution in [0.3, 0.4) is 0 Å². The number of hydrogen-bond acceptors (Lipinski definition) is 3. The average molecular weight is 468 g/mol. The molecule has 0 fully saturated rings. The maximum atomic E-state index is 12.8. The predicted octanol–water partition coefficient (Wildman–Crippen LogP) is 5.11. The van der Waals surface area contributed by atoms with Crippen molar-refractivity contribution >= 4 is 38.9 Å². The first kappa shape index (κ1) is 22.6. The van der Waals surface area contributed by atoms with Crippen LogP contribution in [0.25, 0.3) is 0 Å². The lowest BCUT2D eigenvalue weighted by Crippen LogP contribution is -2.53. The molecule has 0 amide bonds. The smallest absolute Gasteiger partial charge is 0.369 e. The average Bonchev–Trinajstić information content (AvgIpc) is 2.54. The molecule has 0 aliphatic carbocycles. The summed E-state index contributed by atoms with van der Waals surface area (Å²) in [4.78, 5) is -0.340. The lowest BCUT2D eigenvalue weighted by molar-refractivity contribution is -0.376. The first-order valence-corrected chi connectivity index (χ1v) is 9.28. The summed E-state index contributed by atoms with van der Waals surface area (Å²) in [5, 5.41) is 9.29. The van der Waals surface area contributed by atoms with Gasteiger partial charge in [0.15, 0.2) is 0 Å². The number of alkyl halides is 6. The van der Waals surface area contributed by atoms with E-state index in [2.05, 4.69) is 0 Å². The van der Waals surface area contributed by atoms with Crippen LogP contribution in [-0.2, 0) is 15.6 Å². The van der Waals surface area contributed by atoms with Crippen molar-refractivity contribution in [1.29, 1.82) is 0 Å². The summed E-state index contributed by atoms with van der Waals surface area (Å²) >= 11 is 11.4. The molecule has 0 aliphatic rings. The molecule has 2 N–H and O–H groups in total. The zero-order chi connectivity index (χ0) is 21.5. The van der Waals surface area contributed by atoms with Crippen molar-refractivity contribution in [2.24, 2.45) is 0 Å². The van der Waals surface area contributed by atoms with Crippen LogP contribution >= 0.6 is 23.2 Å². The van der Waals surface area contributed by atoms with Gasteiger partial charge in [-0.15, -0.1) is 0 Å². The molecule has 0 radical (unpaired) electrons. The monoisotopic (exact) mass is 467 g/mol. The number of hydrogen-bond donors (Lipinski definition) is 2. The molecule has 0 unspecified atom stereocenters. The SMILES string of the molecule is O=S(=O)(Nc1ccc(C(O)(C(F)(F)F)C(F)(F)F)cc1)c1ccc(Cl)c(Cl)c1. The minimum absolute atomic E-state index is 0.0727. The molecule has 4 nitrogen and oxygen atoms in total. The highest BCUT2D eigenvalue weighted by atomic mass is 35.5. The minimum Gasteiger partial charge on any atom is -0.369 e. The molecule has 0 aliphatic heterocycles. The van der Waals surface area contributed by atoms with Gasteiger partial charge in [0.05, 0.1) is 14.9 Å². The van der Waals surface area contributed by atoms with Crippen LogP contribution in [0.2, 0.25) is 10.0 Å². The number of halogens is 8. The van der Waals surface area contributed by atoms with Gasteiger partial charge in [-0.3, -0.25) is 4.72 Å². The third-order valence-corrected chi connectivity index (χ3v) is 5.69. The van der Waals surface area contributed by atoms with Crippen LogP contribution in [0, 0.1) is 0 Å². The number of benzene rings is 2. The van der Waals surface area contributed by atoms with Crippen molar-refractivity contribution < 1.29 is 39.9 Å². The Morgan fingerprint density at radius 1 is 0.821 bits per heavy atom. The normalized spacial score (nSPS) is 13.5. The van der Waals surface area contributed by atoms with E-state index in [0.717, 1.165) is 12.1 Å². The van der Waals surface area contributed by atoms with Gasteiger partial charge in [-0.2, -0.15) is 26.3 Å². The lowest BCUT2D eigenvalue weighted by Gasteiger charge is -2.32. The summed E-state index contributed by atoms with van der Waals surface area (Å²) in [6, 6.07) is 5.21. The molecule has 0 bridgehead atoms. The summed E-state index contributed by atoms with van der Waals surface area (Å²) in [6.07, 6.45) is -12.1. The van der Waals surface area contributed by atoms with E-state index >= 15 is 0 Å². The Bertz CT molecular complexity index is 961. The molecule has 0 aromatic heterocycles. The Hall–Kier alpha value is -1.69. The zero-order valence-corrected chi connectivity index (χ0v) is 15.6. The Morgan fingerprint density at radius 3 is 1.75 bits per heavy atom. The van der Waals surface area contributed by atoms with Gasteiger partial charge in [-0.1, -0.05) is 35.3 Å². The number of aliphatic hydroxyl groups is 1. The molecule has 13 heteroatoms. The first-order valence-electron chi connectivity index (χ1n) is 7.04. The third kappa shape index (κ3) is 4.17. The van der Waals surface area contributed by atoms with E-state index in [9.17, 15) is 39.9 Å². The Morgan fingerprint density at radius 2 is 1.32 bits per heavy atom. The van der Waals surface area contributed by atoms with Gasteiger partial charge < -0.3 is 5.11 Å². The number of sulfonamides is 1. The molecular formula is C15H9Cl2F6NO3S. The fraction of sp³-hybridized carbons (Fsp3) is 0.200. The minimum atomic E-state index is -6.05. The van der Waals surface area contributed by atoms with E-state index < -0.39 is 33.5 Å². The molecule has 0 spiro atoms. The Labute approximate surface area is 164 Å². The summed E-state index contributed by atoms with van der Waals surface area (Å²) in [5.41, 5.74) is -6.98. The van der Waals surface area contributed by atoms with Crippen LogP contribution in [0.5, 0.6) is 0 Å². The second-order valence-corrected chi connectivity index (χ2v) is 7.96. The standard InChI is InChI=1S/C15H9Cl2F6NO3S/c16-11-6-5-10(7-12(11)17)28(26,27)24-9-3-1-8(2-4-9)13(25,14(18,19)20)15(21,22)23/h1-7,24-25H. The van der Waals surface area contributed by atoms with Gasteiger partial charge >= 0.3 is 12.4 Å². The van der Waals surface area contributed by atoms with E-state index in [-0.39, 0.29) is 20.6 Å². The van der Waals surface area contributed by atoms with Gasteiger partial charge in [0.2, 0.25) is 0 Å². The van der Waals surface area contributed by atoms with Crippen molar-refractivity contribution in [2.75, 3.05) is 4.72 Å². The summed E-state index contributed by atoms with van der Waals surface area (Å²) < 4.78 is 104. The van der Waals surface area contributed by atoms with E-state index in [1.165, 1.54) is 6.07 Å². The van der Waals surface area contributed by atoms with Gasteiger partial charge in [0, 0.05) is 11.3 Å². The Balaban J connectivity index is 2.38. The number of anilines is 1. The Kier molecular flexibility index (Phi) is 5.88. The van der Waals surface area contributed by atoms with E-state index in [1.807, 2.05) is 4.72 Å². The molecule has 154 valence electrons. The molecule has 0 atom stereocenters. The summed E-state index contributed by atoms with van der Waals surface area (Å²) in [5.74, 6) is 0. The molecular weight excluding hydrogens is 459 g/mol. The fourth-order valence-corrected chi connectivity index (χ4v) is 3.57. The van der Waals surface area contributed by atoms with Crippen LogP contribution in [0.4, 0.5) is 32.0 Å². The van der Waals surface area contributed by atoms with Crippen molar-refractivity contribution in [3.63, 3.8) is 0 Å². The van der Waals surface area contributed by atoms with Crippen LogP contribution in [0.15, 0.2) is 47.4 Å². The highest BCUT2D eigenvalue weighted by molar-refractivity contribution is 7.92. The van der Waals surface area contributed by atoms with Gasteiger partial charge in [0.25, 0.3) is 15.6 Å². The molecule has 0 heterocycles. The first-order chi connectivity index (χ1) is 12.6. The molecule has 2 aromatic carbocycles. The van der Waals surface area contributed by atoms with Gasteiger partial charge in [0.1, 0.15) is 0 Å². The molecule has 2 aromatic rings. The zero-order valence-electron chi connectivity index (χ0n) is 13.2. The second-order valence-electron chi connectivity index (χ2n) is 5.46. The van der Waals surface area contributed by atoms with Gasteiger partial charge in [-0.05, 0) is 30.3 Å². The molecule has 28 heavy (non-hydrogen) atoms. The largest absolute Gasteiger partial charge is 0.430 e. The van der Waals surface area contributed by atoms with Crippen LogP contribution < -0.4 is 4.72 Å². The summed E-state index contributed by atoms with van der Waals surface area (Å²) in [6.45, 7) is 0. The van der Waals surface area contributed by atoms with Gasteiger partial charge in [-0.25, -0.2) is 8.42 Å². The summed E-state index contributed by atoms with van der Waals surface area (Å²) in [7, 11) is -4.26. The molecule has 0 saturated carbocycles. The highest BCUT2D eigenvalue weighted by Gasteiger charge is 2.71. The number of rotatable bonds is 4. The topological polar surface area (TPSA) is 66.4 Å². The van der Waals surface area contributed by atoms with Crippen molar-refractivity contribution in [2.45, 2.75) is 22.8 Å². The van der Waals surface area contributed by atoms with Crippen molar-refractivity contribution in [3.8, 4) is 0 Å². The molecule has 0 saturated heterocycles. The van der Waals surface area contributed by atoms with E-state index in [1.54, 1.807) is 0 Å². The fourth-order valence-electron chi connectivity index (χ4n) is 2.13. The lowest BCUT2D eigenvalue weighted by atomic mass is 9.92. The van der Waals surface area contributed by atoms with E-state index in [0.29, 0.717) is 24.3 Å². The van der Waals surface area contributed by atoms with Crippen LogP contribution in [0.1, 0.15) is 5.56 Å². The highest BCUT2D eigenvalue weighted by Crippen LogP contribution is 2.50. The quantitative estimate of drug-likeness (QED) is 0.614.